The molecule has 0 unspecified atom stereocenters. The Labute approximate surface area is 166 Å². The van der Waals surface area contributed by atoms with E-state index >= 15 is 0 Å². The van der Waals surface area contributed by atoms with E-state index in [4.69, 9.17) is 0 Å². The number of benzene rings is 2. The number of hydrogen-bond donors (Lipinski definition) is 1. The van der Waals surface area contributed by atoms with Gasteiger partial charge in [0.25, 0.3) is 5.91 Å². The van der Waals surface area contributed by atoms with Gasteiger partial charge in [0.1, 0.15) is 0 Å². The maximum atomic E-state index is 12.6. The van der Waals surface area contributed by atoms with Crippen molar-refractivity contribution in [2.75, 3.05) is 0 Å². The summed E-state index contributed by atoms with van der Waals surface area (Å²) >= 11 is 5.42. The smallest absolute Gasteiger partial charge is 0.280 e. The van der Waals surface area contributed by atoms with Crippen molar-refractivity contribution in [1.82, 2.24) is 2.78 Å². The zero-order valence-electron chi connectivity index (χ0n) is 13.1. The van der Waals surface area contributed by atoms with Crippen molar-refractivity contribution in [1.29, 1.82) is 0 Å². The van der Waals surface area contributed by atoms with Crippen LogP contribution in [0.5, 0.6) is 5.88 Å². The maximum absolute atomic E-state index is 12.6. The molecule has 3 aromatic rings. The Bertz CT molecular complexity index is 1030. The second-order valence-electron chi connectivity index (χ2n) is 5.84. The van der Waals surface area contributed by atoms with Crippen molar-refractivity contribution in [3.05, 3.63) is 75.3 Å². The van der Waals surface area contributed by atoms with Gasteiger partial charge >= 0.3 is 0 Å². The molecule has 25 heavy (non-hydrogen) atoms. The van der Waals surface area contributed by atoms with Gasteiger partial charge in [0.15, 0.2) is 0 Å². The number of rotatable bonds is 2. The zero-order chi connectivity index (χ0) is 17.7. The minimum absolute atomic E-state index is 0.0405. The SMILES string of the molecule is Cc1ccc(-c2c3c(c(O)n2I)C(c2ccc(Br)cc2)=NC3=O)cc1. The second kappa shape index (κ2) is 6.10. The van der Waals surface area contributed by atoms with E-state index in [-0.39, 0.29) is 11.8 Å². The lowest BCUT2D eigenvalue weighted by molar-refractivity contribution is 0.101. The first-order chi connectivity index (χ1) is 12.0. The molecule has 2 heterocycles. The number of fused-ring (bicyclic) bond motifs is 1. The van der Waals surface area contributed by atoms with Crippen molar-refractivity contribution >= 4 is 50.4 Å². The van der Waals surface area contributed by atoms with Crippen LogP contribution in [-0.2, 0) is 0 Å². The molecule has 0 atom stereocenters. The van der Waals surface area contributed by atoms with E-state index in [0.29, 0.717) is 22.5 Å². The first-order valence-electron chi connectivity index (χ1n) is 7.57. The monoisotopic (exact) mass is 506 g/mol. The van der Waals surface area contributed by atoms with E-state index in [9.17, 15) is 9.90 Å². The molecule has 124 valence electrons. The van der Waals surface area contributed by atoms with E-state index in [1.165, 1.54) is 0 Å². The minimum atomic E-state index is -0.325. The fourth-order valence-corrected chi connectivity index (χ4v) is 3.99. The van der Waals surface area contributed by atoms with Gasteiger partial charge in [-0.2, -0.15) is 0 Å². The normalized spacial score (nSPS) is 13.1. The highest BCUT2D eigenvalue weighted by Gasteiger charge is 2.35. The van der Waals surface area contributed by atoms with Crippen molar-refractivity contribution in [2.45, 2.75) is 6.92 Å². The van der Waals surface area contributed by atoms with Gasteiger partial charge in [0.05, 0.1) is 45.4 Å². The maximum Gasteiger partial charge on any atom is 0.280 e. The molecule has 0 radical (unpaired) electrons. The molecule has 0 bridgehead atoms. The Hall–Kier alpha value is -1.93. The molecule has 1 aliphatic heterocycles. The summed E-state index contributed by atoms with van der Waals surface area (Å²) in [6, 6.07) is 15.4. The van der Waals surface area contributed by atoms with Gasteiger partial charge < -0.3 is 5.11 Å². The first kappa shape index (κ1) is 16.5. The summed E-state index contributed by atoms with van der Waals surface area (Å²) in [5, 5.41) is 10.7. The summed E-state index contributed by atoms with van der Waals surface area (Å²) < 4.78 is 2.57. The van der Waals surface area contributed by atoms with Gasteiger partial charge in [-0.1, -0.05) is 57.9 Å². The lowest BCUT2D eigenvalue weighted by Crippen LogP contribution is -1.99. The average Bonchev–Trinajstić information content (AvgIpc) is 3.06. The molecule has 0 fully saturated rings. The van der Waals surface area contributed by atoms with Crippen LogP contribution >= 0.6 is 38.8 Å². The quantitative estimate of drug-likeness (QED) is 0.490. The highest BCUT2D eigenvalue weighted by molar-refractivity contribution is 14.1. The highest BCUT2D eigenvalue weighted by Crippen LogP contribution is 2.42. The molecule has 1 N–H and O–H groups in total. The lowest BCUT2D eigenvalue weighted by atomic mass is 10.00. The van der Waals surface area contributed by atoms with Crippen LogP contribution in [0.25, 0.3) is 11.3 Å². The number of aromatic nitrogens is 1. The van der Waals surface area contributed by atoms with Crippen LogP contribution < -0.4 is 0 Å². The van der Waals surface area contributed by atoms with Gasteiger partial charge in [-0.25, -0.2) is 4.99 Å². The van der Waals surface area contributed by atoms with E-state index in [1.807, 2.05) is 78.3 Å². The molecule has 1 aliphatic rings. The number of aliphatic imine (C=N–C) groups is 1. The molecule has 6 heteroatoms. The number of nitrogens with zero attached hydrogens (tertiary/aromatic N) is 2. The number of halogens is 2. The van der Waals surface area contributed by atoms with Crippen LogP contribution in [0.15, 0.2) is 58.0 Å². The summed E-state index contributed by atoms with van der Waals surface area (Å²) in [6.07, 6.45) is 0. The number of carbonyl (C=O) groups excluding carboxylic acids is 1. The number of aromatic hydroxyl groups is 1. The second-order valence-corrected chi connectivity index (χ2v) is 7.72. The summed E-state index contributed by atoms with van der Waals surface area (Å²) in [6.45, 7) is 2.01. The van der Waals surface area contributed by atoms with Crippen molar-refractivity contribution in [3.63, 3.8) is 0 Å². The van der Waals surface area contributed by atoms with Gasteiger partial charge in [-0.05, 0) is 24.6 Å². The van der Waals surface area contributed by atoms with Crippen molar-refractivity contribution in [3.8, 4) is 17.1 Å². The minimum Gasteiger partial charge on any atom is -0.493 e. The van der Waals surface area contributed by atoms with Crippen LogP contribution in [0.2, 0.25) is 0 Å². The third kappa shape index (κ3) is 2.64. The Morgan fingerprint density at radius 2 is 1.60 bits per heavy atom. The lowest BCUT2D eigenvalue weighted by Gasteiger charge is -2.05. The van der Waals surface area contributed by atoms with Gasteiger partial charge in [0, 0.05) is 10.0 Å². The molecule has 0 saturated heterocycles. The third-order valence-corrected chi connectivity index (χ3v) is 5.67. The summed E-state index contributed by atoms with van der Waals surface area (Å²) in [7, 11) is 0. The average molecular weight is 507 g/mol. The molecule has 4 nitrogen and oxygen atoms in total. The summed E-state index contributed by atoms with van der Waals surface area (Å²) in [4.78, 5) is 16.8. The molecular weight excluding hydrogens is 495 g/mol. The highest BCUT2D eigenvalue weighted by atomic mass is 127. The van der Waals surface area contributed by atoms with Gasteiger partial charge in [0.2, 0.25) is 5.88 Å². The standard InChI is InChI=1S/C19H12BrIN2O2/c1-10-2-4-12(5-3-10)17-15-14(19(25)23(17)21)16(22-18(15)24)11-6-8-13(20)9-7-11/h2-9,25H,1H3. The summed E-state index contributed by atoms with van der Waals surface area (Å²) in [5.74, 6) is -0.284. The molecule has 0 aliphatic carbocycles. The van der Waals surface area contributed by atoms with E-state index in [2.05, 4.69) is 20.9 Å². The molecular formula is C19H12BrIN2O2. The molecule has 0 spiro atoms. The van der Waals surface area contributed by atoms with Crippen LogP contribution in [-0.4, -0.2) is 19.5 Å². The number of aryl methyl sites for hydroxylation is 1. The zero-order valence-corrected chi connectivity index (χ0v) is 16.9. The van der Waals surface area contributed by atoms with E-state index in [0.717, 1.165) is 21.2 Å². The van der Waals surface area contributed by atoms with Gasteiger partial charge in [-0.15, -0.1) is 0 Å². The van der Waals surface area contributed by atoms with Crippen LogP contribution in [0.3, 0.4) is 0 Å². The predicted octanol–water partition coefficient (Wildman–Crippen LogP) is 5.12. The molecule has 4 rings (SSSR count). The first-order valence-corrected chi connectivity index (χ1v) is 9.33. The Balaban J connectivity index is 1.93. The van der Waals surface area contributed by atoms with Crippen molar-refractivity contribution < 1.29 is 9.90 Å². The van der Waals surface area contributed by atoms with Crippen LogP contribution in [0.4, 0.5) is 0 Å². The predicted molar refractivity (Wildman–Crippen MR) is 110 cm³/mol. The summed E-state index contributed by atoms with van der Waals surface area (Å²) in [5.41, 5.74) is 4.93. The Morgan fingerprint density at radius 1 is 1.00 bits per heavy atom. The molecule has 1 amide bonds. The Kier molecular flexibility index (Phi) is 4.04. The fourth-order valence-electron chi connectivity index (χ4n) is 2.96. The van der Waals surface area contributed by atoms with Crippen LogP contribution in [0.1, 0.15) is 27.0 Å². The number of amides is 1. The van der Waals surface area contributed by atoms with Crippen LogP contribution in [0, 0.1) is 6.92 Å². The number of carbonyl (C=O) groups is 1. The van der Waals surface area contributed by atoms with Gasteiger partial charge in [-0.3, -0.25) is 7.58 Å². The third-order valence-electron chi connectivity index (χ3n) is 4.20. The molecule has 0 saturated carbocycles. The Morgan fingerprint density at radius 3 is 2.24 bits per heavy atom. The topological polar surface area (TPSA) is 54.6 Å². The van der Waals surface area contributed by atoms with E-state index in [1.54, 1.807) is 2.78 Å². The van der Waals surface area contributed by atoms with E-state index < -0.39 is 0 Å². The fraction of sp³-hybridized carbons (Fsp3) is 0.0526. The molecule has 1 aromatic heterocycles. The largest absolute Gasteiger partial charge is 0.493 e. The number of hydrogen-bond acceptors (Lipinski definition) is 2. The van der Waals surface area contributed by atoms with Crippen molar-refractivity contribution in [2.24, 2.45) is 4.99 Å². The molecule has 2 aromatic carbocycles.